The zero-order valence-electron chi connectivity index (χ0n) is 11.5. The fourth-order valence-electron chi connectivity index (χ4n) is 0.965. The Morgan fingerprint density at radius 2 is 1.67 bits per heavy atom. The Bertz CT molecular complexity index is 203. The van der Waals surface area contributed by atoms with Crippen molar-refractivity contribution >= 4 is 20.1 Å². The molecule has 3 heteroatoms. The maximum absolute atomic E-state index is 6.09. The SMILES string of the molecule is CC(C)C=C(O[Si](C)(C)C)SC(C)(C)C. The first kappa shape index (κ1) is 15.1. The molecule has 0 aliphatic rings. The molecule has 1 nitrogen and oxygen atoms in total. The van der Waals surface area contributed by atoms with Gasteiger partial charge in [0.1, 0.15) is 5.09 Å². The Morgan fingerprint density at radius 1 is 1.20 bits per heavy atom. The number of thioether (sulfide) groups is 1. The smallest absolute Gasteiger partial charge is 0.242 e. The van der Waals surface area contributed by atoms with Gasteiger partial charge in [0.25, 0.3) is 0 Å². The van der Waals surface area contributed by atoms with Gasteiger partial charge in [0.15, 0.2) is 0 Å². The minimum absolute atomic E-state index is 0.223. The van der Waals surface area contributed by atoms with Crippen LogP contribution < -0.4 is 0 Å². The van der Waals surface area contributed by atoms with Crippen molar-refractivity contribution in [1.29, 1.82) is 0 Å². The van der Waals surface area contributed by atoms with Gasteiger partial charge in [0.2, 0.25) is 8.32 Å². The predicted molar refractivity (Wildman–Crippen MR) is 74.7 cm³/mol. The van der Waals surface area contributed by atoms with Crippen LogP contribution in [0.25, 0.3) is 0 Å². The molecular formula is C12H26OSSi. The summed E-state index contributed by atoms with van der Waals surface area (Å²) < 4.78 is 6.31. The van der Waals surface area contributed by atoms with Gasteiger partial charge in [0.05, 0.1) is 0 Å². The van der Waals surface area contributed by atoms with Crippen LogP contribution in [0.2, 0.25) is 19.6 Å². The summed E-state index contributed by atoms with van der Waals surface area (Å²) in [5.74, 6) is 0.547. The molecule has 0 heterocycles. The van der Waals surface area contributed by atoms with E-state index in [1.165, 1.54) is 0 Å². The highest BCUT2D eigenvalue weighted by Gasteiger charge is 2.22. The van der Waals surface area contributed by atoms with Crippen molar-refractivity contribution in [2.75, 3.05) is 0 Å². The summed E-state index contributed by atoms with van der Waals surface area (Å²) >= 11 is 1.83. The summed E-state index contributed by atoms with van der Waals surface area (Å²) in [4.78, 5) is 0. The summed E-state index contributed by atoms with van der Waals surface area (Å²) in [6, 6.07) is 0. The molecule has 0 aliphatic carbocycles. The minimum atomic E-state index is -1.48. The van der Waals surface area contributed by atoms with Gasteiger partial charge >= 0.3 is 0 Å². The highest BCUT2D eigenvalue weighted by Crippen LogP contribution is 2.34. The second-order valence-electron chi connectivity index (χ2n) is 6.16. The second kappa shape index (κ2) is 5.44. The van der Waals surface area contributed by atoms with Crippen molar-refractivity contribution < 1.29 is 4.43 Å². The van der Waals surface area contributed by atoms with Gasteiger partial charge in [-0.25, -0.2) is 0 Å². The number of rotatable bonds is 4. The monoisotopic (exact) mass is 246 g/mol. The molecule has 0 saturated carbocycles. The summed E-state index contributed by atoms with van der Waals surface area (Å²) in [6.45, 7) is 17.7. The molecular weight excluding hydrogens is 220 g/mol. The first-order chi connectivity index (χ1) is 6.49. The lowest BCUT2D eigenvalue weighted by Gasteiger charge is -2.26. The van der Waals surface area contributed by atoms with Crippen molar-refractivity contribution in [3.8, 4) is 0 Å². The lowest BCUT2D eigenvalue weighted by molar-refractivity contribution is 0.456. The average Bonchev–Trinajstić information content (AvgIpc) is 1.73. The normalized spacial score (nSPS) is 14.6. The Labute approximate surface area is 101 Å². The van der Waals surface area contributed by atoms with E-state index >= 15 is 0 Å². The minimum Gasteiger partial charge on any atom is -0.540 e. The van der Waals surface area contributed by atoms with Crippen LogP contribution in [0, 0.1) is 5.92 Å². The molecule has 0 aliphatic heterocycles. The third-order valence-electron chi connectivity index (χ3n) is 1.28. The molecule has 0 N–H and O–H groups in total. The van der Waals surface area contributed by atoms with E-state index in [1.54, 1.807) is 0 Å². The van der Waals surface area contributed by atoms with Crippen molar-refractivity contribution in [1.82, 2.24) is 0 Å². The molecule has 0 bridgehead atoms. The molecule has 0 aromatic rings. The van der Waals surface area contributed by atoms with Crippen LogP contribution in [-0.2, 0) is 4.43 Å². The van der Waals surface area contributed by atoms with E-state index in [2.05, 4.69) is 60.3 Å². The molecule has 15 heavy (non-hydrogen) atoms. The van der Waals surface area contributed by atoms with E-state index in [-0.39, 0.29) is 4.75 Å². The topological polar surface area (TPSA) is 9.23 Å². The van der Waals surface area contributed by atoms with E-state index in [9.17, 15) is 0 Å². The van der Waals surface area contributed by atoms with Crippen LogP contribution >= 0.6 is 11.8 Å². The average molecular weight is 246 g/mol. The molecule has 0 aromatic carbocycles. The van der Waals surface area contributed by atoms with Crippen molar-refractivity contribution in [2.45, 2.75) is 59.0 Å². The molecule has 0 spiro atoms. The van der Waals surface area contributed by atoms with Crippen LogP contribution in [0.3, 0.4) is 0 Å². The van der Waals surface area contributed by atoms with E-state index in [4.69, 9.17) is 4.43 Å². The first-order valence-electron chi connectivity index (χ1n) is 5.59. The molecule has 0 unspecified atom stereocenters. The fourth-order valence-corrected chi connectivity index (χ4v) is 3.50. The zero-order valence-corrected chi connectivity index (χ0v) is 13.3. The highest BCUT2D eigenvalue weighted by atomic mass is 32.2. The fraction of sp³-hybridized carbons (Fsp3) is 0.833. The zero-order chi connectivity index (χ0) is 12.3. The molecule has 0 radical (unpaired) electrons. The van der Waals surface area contributed by atoms with Gasteiger partial charge in [-0.2, -0.15) is 0 Å². The summed E-state index contributed by atoms with van der Waals surface area (Å²) in [7, 11) is -1.48. The summed E-state index contributed by atoms with van der Waals surface area (Å²) in [5.41, 5.74) is 0. The summed E-state index contributed by atoms with van der Waals surface area (Å²) in [6.07, 6.45) is 2.23. The Balaban J connectivity index is 4.62. The number of hydrogen-bond donors (Lipinski definition) is 0. The van der Waals surface area contributed by atoms with E-state index in [0.29, 0.717) is 5.92 Å². The van der Waals surface area contributed by atoms with Gasteiger partial charge in [-0.15, -0.1) is 0 Å². The van der Waals surface area contributed by atoms with E-state index < -0.39 is 8.32 Å². The van der Waals surface area contributed by atoms with E-state index in [1.807, 2.05) is 11.8 Å². The molecule has 0 rings (SSSR count). The summed E-state index contributed by atoms with van der Waals surface area (Å²) in [5, 5.41) is 1.11. The lowest BCUT2D eigenvalue weighted by Crippen LogP contribution is -2.25. The van der Waals surface area contributed by atoms with Gasteiger partial charge in [-0.05, 0) is 31.6 Å². The van der Waals surface area contributed by atoms with Crippen LogP contribution in [0.15, 0.2) is 11.2 Å². The third kappa shape index (κ3) is 10.4. The maximum atomic E-state index is 6.09. The quantitative estimate of drug-likeness (QED) is 0.517. The van der Waals surface area contributed by atoms with Crippen LogP contribution in [0.1, 0.15) is 34.6 Å². The Hall–Kier alpha value is 0.107. The second-order valence-corrected chi connectivity index (χ2v) is 12.4. The van der Waals surface area contributed by atoms with E-state index in [0.717, 1.165) is 5.09 Å². The van der Waals surface area contributed by atoms with Crippen molar-refractivity contribution in [2.24, 2.45) is 5.92 Å². The molecule has 0 fully saturated rings. The van der Waals surface area contributed by atoms with Crippen LogP contribution in [-0.4, -0.2) is 13.1 Å². The van der Waals surface area contributed by atoms with Gasteiger partial charge in [0, 0.05) is 4.75 Å². The predicted octanol–water partition coefficient (Wildman–Crippen LogP) is 4.87. The molecule has 0 atom stereocenters. The third-order valence-corrected chi connectivity index (χ3v) is 3.30. The molecule has 90 valence electrons. The lowest BCUT2D eigenvalue weighted by atomic mass is 10.2. The molecule has 0 amide bonds. The maximum Gasteiger partial charge on any atom is 0.242 e. The number of hydrogen-bond acceptors (Lipinski definition) is 2. The van der Waals surface area contributed by atoms with Crippen molar-refractivity contribution in [3.05, 3.63) is 11.2 Å². The standard InChI is InChI=1S/C12H26OSSi/c1-10(2)9-11(13-15(6,7)8)14-12(3,4)5/h9-10H,1-8H3. The first-order valence-corrected chi connectivity index (χ1v) is 9.82. The molecule has 0 aromatic heterocycles. The van der Waals surface area contributed by atoms with Crippen LogP contribution in [0.5, 0.6) is 0 Å². The largest absolute Gasteiger partial charge is 0.540 e. The highest BCUT2D eigenvalue weighted by molar-refractivity contribution is 8.04. The Kier molecular flexibility index (Phi) is 5.48. The van der Waals surface area contributed by atoms with Crippen LogP contribution in [0.4, 0.5) is 0 Å². The molecule has 0 saturated heterocycles. The van der Waals surface area contributed by atoms with Gasteiger partial charge < -0.3 is 4.43 Å². The van der Waals surface area contributed by atoms with Gasteiger partial charge in [-0.3, -0.25) is 0 Å². The van der Waals surface area contributed by atoms with Crippen molar-refractivity contribution in [3.63, 3.8) is 0 Å². The van der Waals surface area contributed by atoms with Gasteiger partial charge in [-0.1, -0.05) is 46.4 Å². The Morgan fingerprint density at radius 3 is 1.93 bits per heavy atom. The number of allylic oxidation sites excluding steroid dienone is 1.